The summed E-state index contributed by atoms with van der Waals surface area (Å²) in [7, 11) is 0. The average molecular weight is 389 g/mol. The number of nitrogens with zero attached hydrogens (tertiary/aromatic N) is 5. The molecule has 0 spiro atoms. The minimum absolute atomic E-state index is 0.739. The summed E-state index contributed by atoms with van der Waals surface area (Å²) < 4.78 is 7.49. The van der Waals surface area contributed by atoms with E-state index in [9.17, 15) is 0 Å². The van der Waals surface area contributed by atoms with Crippen LogP contribution in [0.15, 0.2) is 49.1 Å². The van der Waals surface area contributed by atoms with Crippen molar-refractivity contribution in [2.75, 3.05) is 31.6 Å². The SMILES string of the molecule is Cc1cn2c(-c3cn[nH]c3)cnc2c(Nc2cccc(CN3CCOCC3)c2)n1. The number of benzene rings is 1. The third-order valence-electron chi connectivity index (χ3n) is 5.11. The zero-order valence-corrected chi connectivity index (χ0v) is 16.3. The van der Waals surface area contributed by atoms with Crippen molar-refractivity contribution in [1.29, 1.82) is 0 Å². The third kappa shape index (κ3) is 3.72. The number of hydrogen-bond acceptors (Lipinski definition) is 6. The molecule has 0 unspecified atom stereocenters. The fourth-order valence-corrected chi connectivity index (χ4v) is 3.70. The first-order chi connectivity index (χ1) is 14.3. The zero-order valence-electron chi connectivity index (χ0n) is 16.3. The molecule has 0 aliphatic carbocycles. The van der Waals surface area contributed by atoms with E-state index in [4.69, 9.17) is 9.72 Å². The van der Waals surface area contributed by atoms with Crippen LogP contribution < -0.4 is 5.32 Å². The number of morpholine rings is 1. The van der Waals surface area contributed by atoms with Gasteiger partial charge in [0.1, 0.15) is 0 Å². The Bertz CT molecular complexity index is 1110. The molecule has 1 aromatic carbocycles. The fourth-order valence-electron chi connectivity index (χ4n) is 3.70. The van der Waals surface area contributed by atoms with E-state index in [2.05, 4.69) is 49.7 Å². The maximum Gasteiger partial charge on any atom is 0.180 e. The second kappa shape index (κ2) is 7.65. The molecule has 8 heteroatoms. The van der Waals surface area contributed by atoms with Gasteiger partial charge in [0.2, 0.25) is 0 Å². The van der Waals surface area contributed by atoms with Crippen LogP contribution in [0.25, 0.3) is 16.9 Å². The molecule has 29 heavy (non-hydrogen) atoms. The topological polar surface area (TPSA) is 83.4 Å². The first-order valence-electron chi connectivity index (χ1n) is 9.76. The highest BCUT2D eigenvalue weighted by atomic mass is 16.5. The molecule has 4 heterocycles. The monoisotopic (exact) mass is 389 g/mol. The lowest BCUT2D eigenvalue weighted by Crippen LogP contribution is -2.35. The van der Waals surface area contributed by atoms with Crippen molar-refractivity contribution in [2.24, 2.45) is 0 Å². The van der Waals surface area contributed by atoms with E-state index in [1.807, 2.05) is 29.9 Å². The van der Waals surface area contributed by atoms with Crippen molar-refractivity contribution in [3.63, 3.8) is 0 Å². The van der Waals surface area contributed by atoms with Crippen molar-refractivity contribution in [3.8, 4) is 11.3 Å². The summed E-state index contributed by atoms with van der Waals surface area (Å²) in [4.78, 5) is 11.7. The van der Waals surface area contributed by atoms with Gasteiger partial charge in [-0.2, -0.15) is 5.10 Å². The molecule has 1 aliphatic heterocycles. The molecule has 4 aromatic rings. The number of imidazole rings is 1. The molecule has 0 atom stereocenters. The van der Waals surface area contributed by atoms with E-state index in [1.54, 1.807) is 6.20 Å². The quantitative estimate of drug-likeness (QED) is 0.546. The molecule has 5 rings (SSSR count). The Kier molecular flexibility index (Phi) is 4.71. The Labute approximate surface area is 168 Å². The van der Waals surface area contributed by atoms with Crippen LogP contribution >= 0.6 is 0 Å². The van der Waals surface area contributed by atoms with E-state index in [-0.39, 0.29) is 0 Å². The summed E-state index contributed by atoms with van der Waals surface area (Å²) in [5.74, 6) is 0.739. The Morgan fingerprint density at radius 1 is 1.21 bits per heavy atom. The minimum atomic E-state index is 0.739. The van der Waals surface area contributed by atoms with Crippen LogP contribution in [-0.2, 0) is 11.3 Å². The van der Waals surface area contributed by atoms with Crippen LogP contribution in [0, 0.1) is 6.92 Å². The predicted octanol–water partition coefficient (Wildman–Crippen LogP) is 3.00. The maximum absolute atomic E-state index is 5.44. The summed E-state index contributed by atoms with van der Waals surface area (Å²) >= 11 is 0. The van der Waals surface area contributed by atoms with Crippen molar-refractivity contribution in [3.05, 3.63) is 60.3 Å². The van der Waals surface area contributed by atoms with Crippen LogP contribution in [0.4, 0.5) is 11.5 Å². The van der Waals surface area contributed by atoms with Crippen molar-refractivity contribution < 1.29 is 4.74 Å². The zero-order chi connectivity index (χ0) is 19.6. The van der Waals surface area contributed by atoms with Gasteiger partial charge in [-0.25, -0.2) is 9.97 Å². The molecule has 1 fully saturated rings. The van der Waals surface area contributed by atoms with Gasteiger partial charge in [-0.1, -0.05) is 12.1 Å². The molecule has 2 N–H and O–H groups in total. The molecule has 3 aromatic heterocycles. The first kappa shape index (κ1) is 17.8. The van der Waals surface area contributed by atoms with Gasteiger partial charge in [0, 0.05) is 43.3 Å². The number of aromatic amines is 1. The molecule has 0 amide bonds. The van der Waals surface area contributed by atoms with Crippen LogP contribution in [0.5, 0.6) is 0 Å². The fraction of sp³-hybridized carbons (Fsp3) is 0.286. The van der Waals surface area contributed by atoms with E-state index >= 15 is 0 Å². The van der Waals surface area contributed by atoms with E-state index in [0.717, 1.165) is 67.0 Å². The number of ether oxygens (including phenoxy) is 1. The number of anilines is 2. The predicted molar refractivity (Wildman–Crippen MR) is 111 cm³/mol. The number of aryl methyl sites for hydroxylation is 1. The van der Waals surface area contributed by atoms with Crippen molar-refractivity contribution in [2.45, 2.75) is 13.5 Å². The second-order valence-corrected chi connectivity index (χ2v) is 7.27. The van der Waals surface area contributed by atoms with Gasteiger partial charge in [-0.05, 0) is 24.6 Å². The molecule has 1 aliphatic rings. The largest absolute Gasteiger partial charge is 0.379 e. The molecule has 148 valence electrons. The summed E-state index contributed by atoms with van der Waals surface area (Å²) in [6.07, 6.45) is 7.49. The number of aromatic nitrogens is 5. The Morgan fingerprint density at radius 2 is 2.10 bits per heavy atom. The smallest absolute Gasteiger partial charge is 0.180 e. The standard InChI is InChI=1S/C21H23N7O/c1-15-13-28-19(17-10-23-24-11-17)12-22-21(28)20(25-15)26-18-4-2-3-16(9-18)14-27-5-7-29-8-6-27/h2-4,9-13H,5-8,14H2,1H3,(H,23,24)(H,25,26). The summed E-state index contributed by atoms with van der Waals surface area (Å²) in [6.45, 7) is 6.47. The molecule has 0 saturated carbocycles. The van der Waals surface area contributed by atoms with Gasteiger partial charge in [-0.15, -0.1) is 0 Å². The van der Waals surface area contributed by atoms with Gasteiger partial charge < -0.3 is 10.1 Å². The van der Waals surface area contributed by atoms with Crippen molar-refractivity contribution >= 4 is 17.2 Å². The normalized spacial score (nSPS) is 15.1. The lowest BCUT2D eigenvalue weighted by atomic mass is 10.2. The molecule has 1 saturated heterocycles. The van der Waals surface area contributed by atoms with E-state index in [0.29, 0.717) is 0 Å². The minimum Gasteiger partial charge on any atom is -0.379 e. The molecule has 8 nitrogen and oxygen atoms in total. The van der Waals surface area contributed by atoms with Gasteiger partial charge in [0.05, 0.1) is 37.0 Å². The third-order valence-corrected chi connectivity index (χ3v) is 5.11. The van der Waals surface area contributed by atoms with Gasteiger partial charge >= 0.3 is 0 Å². The lowest BCUT2D eigenvalue weighted by molar-refractivity contribution is 0.0342. The van der Waals surface area contributed by atoms with Gasteiger partial charge in [0.25, 0.3) is 0 Å². The molecule has 0 bridgehead atoms. The number of fused-ring (bicyclic) bond motifs is 1. The number of rotatable bonds is 5. The van der Waals surface area contributed by atoms with Gasteiger partial charge in [0.15, 0.2) is 11.5 Å². The highest BCUT2D eigenvalue weighted by Crippen LogP contribution is 2.26. The number of H-pyrrole nitrogens is 1. The Hall–Kier alpha value is -3.23. The van der Waals surface area contributed by atoms with Crippen molar-refractivity contribution in [1.82, 2.24) is 29.5 Å². The first-order valence-corrected chi connectivity index (χ1v) is 9.76. The lowest BCUT2D eigenvalue weighted by Gasteiger charge is -2.26. The summed E-state index contributed by atoms with van der Waals surface area (Å²) in [5.41, 5.74) is 5.93. The average Bonchev–Trinajstić information content (AvgIpc) is 3.38. The number of hydrogen-bond donors (Lipinski definition) is 2. The van der Waals surface area contributed by atoms with Crippen LogP contribution in [0.3, 0.4) is 0 Å². The van der Waals surface area contributed by atoms with Crippen LogP contribution in [0.2, 0.25) is 0 Å². The van der Waals surface area contributed by atoms with Gasteiger partial charge in [-0.3, -0.25) is 14.4 Å². The maximum atomic E-state index is 5.44. The number of nitrogens with one attached hydrogen (secondary N) is 2. The summed E-state index contributed by atoms with van der Waals surface area (Å²) in [5, 5.41) is 10.4. The second-order valence-electron chi connectivity index (χ2n) is 7.27. The highest BCUT2D eigenvalue weighted by Gasteiger charge is 2.14. The molecule has 0 radical (unpaired) electrons. The summed E-state index contributed by atoms with van der Waals surface area (Å²) in [6, 6.07) is 8.47. The Balaban J connectivity index is 1.44. The van der Waals surface area contributed by atoms with E-state index in [1.165, 1.54) is 5.56 Å². The van der Waals surface area contributed by atoms with E-state index < -0.39 is 0 Å². The highest BCUT2D eigenvalue weighted by molar-refractivity contribution is 5.74. The van der Waals surface area contributed by atoms with Crippen LogP contribution in [-0.4, -0.2) is 55.8 Å². The van der Waals surface area contributed by atoms with Crippen LogP contribution in [0.1, 0.15) is 11.3 Å². The Morgan fingerprint density at radius 3 is 2.93 bits per heavy atom. The molecular weight excluding hydrogens is 366 g/mol. The molecular formula is C21H23N7O.